The summed E-state index contributed by atoms with van der Waals surface area (Å²) in [6, 6.07) is 5.56. The van der Waals surface area contributed by atoms with E-state index in [0.29, 0.717) is 18.5 Å². The van der Waals surface area contributed by atoms with Crippen molar-refractivity contribution in [2.75, 3.05) is 6.54 Å². The number of rotatable bonds is 5. The Kier molecular flexibility index (Phi) is 6.26. The maximum Gasteiger partial charge on any atom is 0.461 e. The van der Waals surface area contributed by atoms with E-state index in [2.05, 4.69) is 4.74 Å². The summed E-state index contributed by atoms with van der Waals surface area (Å²) in [6.07, 6.45) is -7.86. The third-order valence-corrected chi connectivity index (χ3v) is 1.84. The summed E-state index contributed by atoms with van der Waals surface area (Å²) >= 11 is 0. The summed E-state index contributed by atoms with van der Waals surface area (Å²) in [7, 11) is 0. The number of hydrogen-bond acceptors (Lipinski definition) is 2. The molecule has 0 aliphatic carbocycles. The molecule has 0 saturated heterocycles. The normalized spacial score (nSPS) is 11.2. The number of benzene rings is 1. The van der Waals surface area contributed by atoms with Crippen LogP contribution >= 0.6 is 12.4 Å². The van der Waals surface area contributed by atoms with E-state index in [-0.39, 0.29) is 18.2 Å². The van der Waals surface area contributed by atoms with Crippen molar-refractivity contribution in [1.29, 1.82) is 0 Å². The van der Waals surface area contributed by atoms with Crippen LogP contribution < -0.4 is 10.5 Å². The largest absolute Gasteiger partial charge is 0.461 e. The fourth-order valence-electron chi connectivity index (χ4n) is 1.13. The second-order valence-electron chi connectivity index (χ2n) is 3.15. The molecule has 0 aliphatic rings. The van der Waals surface area contributed by atoms with Crippen LogP contribution in [0.5, 0.6) is 5.75 Å². The van der Waals surface area contributed by atoms with Gasteiger partial charge in [0.15, 0.2) is 0 Å². The van der Waals surface area contributed by atoms with E-state index in [4.69, 9.17) is 5.73 Å². The Morgan fingerprint density at radius 3 is 2.47 bits per heavy atom. The fraction of sp³-hybridized carbons (Fsp3) is 0.400. The minimum absolute atomic E-state index is 0. The van der Waals surface area contributed by atoms with E-state index in [1.165, 1.54) is 18.2 Å². The highest BCUT2D eigenvalue weighted by Crippen LogP contribution is 2.27. The molecule has 0 aromatic heterocycles. The maximum atomic E-state index is 12.6. The molecule has 0 fully saturated rings. The molecule has 0 heterocycles. The predicted molar refractivity (Wildman–Crippen MR) is 58.0 cm³/mol. The fourth-order valence-corrected chi connectivity index (χ4v) is 1.13. The Labute approximate surface area is 102 Å². The smallest absolute Gasteiger partial charge is 0.428 e. The molecule has 7 heteroatoms. The molecule has 98 valence electrons. The van der Waals surface area contributed by atoms with Crippen LogP contribution in [0.2, 0.25) is 0 Å². The second kappa shape index (κ2) is 6.66. The minimum Gasteiger partial charge on any atom is -0.428 e. The molecule has 2 N–H and O–H groups in total. The zero-order chi connectivity index (χ0) is 12.2. The number of alkyl halides is 4. The van der Waals surface area contributed by atoms with Gasteiger partial charge in [-0.05, 0) is 30.7 Å². The van der Waals surface area contributed by atoms with Gasteiger partial charge in [0.1, 0.15) is 5.75 Å². The highest BCUT2D eigenvalue weighted by Gasteiger charge is 2.43. The van der Waals surface area contributed by atoms with Gasteiger partial charge < -0.3 is 10.5 Å². The Morgan fingerprint density at radius 1 is 1.29 bits per heavy atom. The molecular formula is C10H12ClF4NO. The Morgan fingerprint density at radius 2 is 1.94 bits per heavy atom. The van der Waals surface area contributed by atoms with Crippen LogP contribution in [-0.4, -0.2) is 19.1 Å². The van der Waals surface area contributed by atoms with Crippen molar-refractivity contribution in [2.24, 2.45) is 5.73 Å². The Bertz CT molecular complexity index is 349. The van der Waals surface area contributed by atoms with Gasteiger partial charge in [-0.15, -0.1) is 12.4 Å². The Balaban J connectivity index is 0.00000256. The van der Waals surface area contributed by atoms with Gasteiger partial charge in [0.05, 0.1) is 0 Å². The lowest BCUT2D eigenvalue weighted by molar-refractivity contribution is -0.253. The van der Waals surface area contributed by atoms with E-state index in [1.807, 2.05) is 0 Å². The van der Waals surface area contributed by atoms with Gasteiger partial charge in [0, 0.05) is 0 Å². The SMILES string of the molecule is Cl.NCCc1cccc(OC(F)(F)C(F)F)c1. The van der Waals surface area contributed by atoms with Crippen molar-refractivity contribution in [1.82, 2.24) is 0 Å². The van der Waals surface area contributed by atoms with Crippen LogP contribution in [0.15, 0.2) is 24.3 Å². The van der Waals surface area contributed by atoms with Gasteiger partial charge in [-0.3, -0.25) is 0 Å². The van der Waals surface area contributed by atoms with Crippen LogP contribution in [0.4, 0.5) is 17.6 Å². The molecule has 2 nitrogen and oxygen atoms in total. The van der Waals surface area contributed by atoms with Crippen LogP contribution in [-0.2, 0) is 6.42 Å². The van der Waals surface area contributed by atoms with Crippen molar-refractivity contribution in [3.63, 3.8) is 0 Å². The summed E-state index contributed by atoms with van der Waals surface area (Å²) in [4.78, 5) is 0. The summed E-state index contributed by atoms with van der Waals surface area (Å²) in [5.41, 5.74) is 5.93. The monoisotopic (exact) mass is 273 g/mol. The van der Waals surface area contributed by atoms with E-state index in [1.54, 1.807) is 6.07 Å². The standard InChI is InChI=1S/C10H11F4NO.ClH/c11-9(12)10(13,14)16-8-3-1-2-7(6-8)4-5-15;/h1-3,6,9H,4-5,15H2;1H. The number of hydrogen-bond donors (Lipinski definition) is 1. The van der Waals surface area contributed by atoms with E-state index in [0.717, 1.165) is 0 Å². The first kappa shape index (κ1) is 16.0. The van der Waals surface area contributed by atoms with Crippen LogP contribution in [0, 0.1) is 0 Å². The van der Waals surface area contributed by atoms with Crippen LogP contribution in [0.3, 0.4) is 0 Å². The van der Waals surface area contributed by atoms with Gasteiger partial charge in [-0.1, -0.05) is 12.1 Å². The third-order valence-electron chi connectivity index (χ3n) is 1.84. The maximum absolute atomic E-state index is 12.6. The molecule has 0 atom stereocenters. The quantitative estimate of drug-likeness (QED) is 0.837. The minimum atomic E-state index is -4.47. The molecule has 1 aromatic carbocycles. The molecule has 0 amide bonds. The van der Waals surface area contributed by atoms with E-state index < -0.39 is 12.5 Å². The van der Waals surface area contributed by atoms with Crippen LogP contribution in [0.25, 0.3) is 0 Å². The summed E-state index contributed by atoms with van der Waals surface area (Å²) in [6.45, 7) is 0.342. The van der Waals surface area contributed by atoms with Crippen molar-refractivity contribution in [3.8, 4) is 5.75 Å². The highest BCUT2D eigenvalue weighted by molar-refractivity contribution is 5.85. The molecule has 0 spiro atoms. The molecule has 1 aromatic rings. The third kappa shape index (κ3) is 4.79. The zero-order valence-electron chi connectivity index (χ0n) is 8.71. The molecule has 0 aliphatic heterocycles. The average molecular weight is 274 g/mol. The van der Waals surface area contributed by atoms with Crippen molar-refractivity contribution in [3.05, 3.63) is 29.8 Å². The molecule has 0 bridgehead atoms. The summed E-state index contributed by atoms with van der Waals surface area (Å²) in [5.74, 6) is -0.295. The molecule has 0 saturated carbocycles. The lowest BCUT2D eigenvalue weighted by Gasteiger charge is -2.17. The van der Waals surface area contributed by atoms with Gasteiger partial charge >= 0.3 is 12.5 Å². The highest BCUT2D eigenvalue weighted by atomic mass is 35.5. The van der Waals surface area contributed by atoms with Crippen molar-refractivity contribution in [2.45, 2.75) is 19.0 Å². The molecule has 0 unspecified atom stereocenters. The topological polar surface area (TPSA) is 35.2 Å². The summed E-state index contributed by atoms with van der Waals surface area (Å²) in [5, 5.41) is 0. The lowest BCUT2D eigenvalue weighted by atomic mass is 10.1. The first-order valence-corrected chi connectivity index (χ1v) is 4.59. The van der Waals surface area contributed by atoms with Gasteiger partial charge in [-0.25, -0.2) is 0 Å². The van der Waals surface area contributed by atoms with Gasteiger partial charge in [-0.2, -0.15) is 17.6 Å². The molecular weight excluding hydrogens is 262 g/mol. The molecule has 0 radical (unpaired) electrons. The lowest BCUT2D eigenvalue weighted by Crippen LogP contribution is -2.33. The Hall–Kier alpha value is -1.01. The van der Waals surface area contributed by atoms with E-state index >= 15 is 0 Å². The molecule has 17 heavy (non-hydrogen) atoms. The predicted octanol–water partition coefficient (Wildman–Crippen LogP) is 2.85. The number of ether oxygens (including phenoxy) is 1. The summed E-state index contributed by atoms with van der Waals surface area (Å²) < 4.78 is 52.7. The van der Waals surface area contributed by atoms with Crippen molar-refractivity contribution >= 4 is 12.4 Å². The first-order valence-electron chi connectivity index (χ1n) is 4.59. The zero-order valence-corrected chi connectivity index (χ0v) is 9.52. The van der Waals surface area contributed by atoms with E-state index in [9.17, 15) is 17.6 Å². The second-order valence-corrected chi connectivity index (χ2v) is 3.15. The van der Waals surface area contributed by atoms with Gasteiger partial charge in [0.25, 0.3) is 0 Å². The number of nitrogens with two attached hydrogens (primary N) is 1. The van der Waals surface area contributed by atoms with Crippen molar-refractivity contribution < 1.29 is 22.3 Å². The van der Waals surface area contributed by atoms with Crippen LogP contribution in [0.1, 0.15) is 5.56 Å². The van der Waals surface area contributed by atoms with Gasteiger partial charge in [0.2, 0.25) is 0 Å². The molecule has 1 rings (SSSR count). The first-order chi connectivity index (χ1) is 7.45. The number of halogens is 5. The average Bonchev–Trinajstić information content (AvgIpc) is 2.17.